The number of hydrogen-bond acceptors (Lipinski definition) is 4. The van der Waals surface area contributed by atoms with E-state index in [1.807, 2.05) is 31.2 Å². The second kappa shape index (κ2) is 6.66. The van der Waals surface area contributed by atoms with Crippen LogP contribution in [0.2, 0.25) is 0 Å². The van der Waals surface area contributed by atoms with Crippen molar-refractivity contribution < 1.29 is 4.79 Å². The third-order valence-corrected chi connectivity index (χ3v) is 7.49. The number of benzene rings is 1. The largest absolute Gasteiger partial charge is 0.325 e. The monoisotopic (exact) mass is 382 g/mol. The number of nitrogens with one attached hydrogen (secondary N) is 2. The number of rotatable bonds is 5. The quantitative estimate of drug-likeness (QED) is 0.756. The minimum atomic E-state index is -0.0215. The first-order valence-electron chi connectivity index (χ1n) is 10.0. The summed E-state index contributed by atoms with van der Waals surface area (Å²) >= 11 is 1.41. The summed E-state index contributed by atoms with van der Waals surface area (Å²) in [7, 11) is 0. The molecule has 4 aliphatic carbocycles. The number of aromatic amines is 1. The Hall–Kier alpha value is -1.82. The van der Waals surface area contributed by atoms with Gasteiger partial charge in [0.2, 0.25) is 11.1 Å². The van der Waals surface area contributed by atoms with Crippen LogP contribution < -0.4 is 5.32 Å². The Balaban J connectivity index is 1.22. The van der Waals surface area contributed by atoms with Crippen molar-refractivity contribution in [3.05, 3.63) is 35.7 Å². The van der Waals surface area contributed by atoms with Crippen molar-refractivity contribution >= 4 is 23.4 Å². The zero-order chi connectivity index (χ0) is 18.4. The van der Waals surface area contributed by atoms with Crippen molar-refractivity contribution in [2.75, 3.05) is 11.1 Å². The Kier molecular flexibility index (Phi) is 4.26. The number of nitrogens with zero attached hydrogens (tertiary/aromatic N) is 2. The van der Waals surface area contributed by atoms with E-state index in [-0.39, 0.29) is 11.3 Å². The van der Waals surface area contributed by atoms with Crippen LogP contribution in [0.25, 0.3) is 0 Å². The second-order valence-corrected chi connectivity index (χ2v) is 9.81. The number of aromatic nitrogens is 3. The van der Waals surface area contributed by atoms with Crippen LogP contribution in [-0.2, 0) is 10.2 Å². The molecule has 1 aromatic carbocycles. The van der Waals surface area contributed by atoms with Crippen LogP contribution in [0, 0.1) is 24.7 Å². The van der Waals surface area contributed by atoms with Gasteiger partial charge in [-0.05, 0) is 80.9 Å². The summed E-state index contributed by atoms with van der Waals surface area (Å²) in [4.78, 5) is 17.0. The van der Waals surface area contributed by atoms with Crippen LogP contribution in [0.4, 0.5) is 5.69 Å². The van der Waals surface area contributed by atoms with E-state index in [1.165, 1.54) is 50.3 Å². The molecular formula is C21H26N4OS. The average Bonchev–Trinajstić information content (AvgIpc) is 3.09. The topological polar surface area (TPSA) is 70.7 Å². The van der Waals surface area contributed by atoms with Gasteiger partial charge in [-0.1, -0.05) is 23.9 Å². The molecule has 4 fully saturated rings. The van der Waals surface area contributed by atoms with E-state index in [0.29, 0.717) is 10.9 Å². The lowest BCUT2D eigenvalue weighted by atomic mass is 9.49. The number of H-pyrrole nitrogens is 1. The molecule has 2 aromatic rings. The van der Waals surface area contributed by atoms with Crippen LogP contribution in [0.15, 0.2) is 29.4 Å². The first-order valence-corrected chi connectivity index (χ1v) is 11.0. The molecule has 4 bridgehead atoms. The molecule has 0 saturated heterocycles. The fourth-order valence-corrected chi connectivity index (χ4v) is 6.60. The summed E-state index contributed by atoms with van der Waals surface area (Å²) in [5, 5.41) is 11.3. The van der Waals surface area contributed by atoms with E-state index in [4.69, 9.17) is 4.98 Å². The number of amides is 1. The predicted molar refractivity (Wildman–Crippen MR) is 107 cm³/mol. The van der Waals surface area contributed by atoms with Gasteiger partial charge in [0.25, 0.3) is 0 Å². The Morgan fingerprint density at radius 3 is 2.59 bits per heavy atom. The van der Waals surface area contributed by atoms with Crippen LogP contribution >= 0.6 is 11.8 Å². The van der Waals surface area contributed by atoms with Crippen LogP contribution in [0.5, 0.6) is 0 Å². The molecule has 0 atom stereocenters. The molecule has 1 aromatic heterocycles. The second-order valence-electron chi connectivity index (χ2n) is 8.87. The van der Waals surface area contributed by atoms with Crippen LogP contribution in [0.3, 0.4) is 0 Å². The zero-order valence-electron chi connectivity index (χ0n) is 15.7. The molecule has 2 N–H and O–H groups in total. The maximum atomic E-state index is 12.2. The molecule has 4 aliphatic rings. The van der Waals surface area contributed by atoms with Crippen molar-refractivity contribution in [3.8, 4) is 0 Å². The number of carbonyl (C=O) groups is 1. The summed E-state index contributed by atoms with van der Waals surface area (Å²) in [5.74, 6) is 4.04. The van der Waals surface area contributed by atoms with Crippen molar-refractivity contribution in [1.29, 1.82) is 0 Å². The number of anilines is 1. The molecule has 0 spiro atoms. The molecule has 142 valence electrons. The fourth-order valence-electron chi connectivity index (χ4n) is 6.00. The molecule has 1 amide bonds. The van der Waals surface area contributed by atoms with Crippen LogP contribution in [0.1, 0.15) is 49.9 Å². The maximum Gasteiger partial charge on any atom is 0.234 e. The summed E-state index contributed by atoms with van der Waals surface area (Å²) in [6.45, 7) is 2.02. The lowest BCUT2D eigenvalue weighted by Gasteiger charge is -2.55. The Bertz CT molecular complexity index is 826. The van der Waals surface area contributed by atoms with Gasteiger partial charge in [-0.3, -0.25) is 9.89 Å². The van der Waals surface area contributed by atoms with Gasteiger partial charge in [0.1, 0.15) is 5.82 Å². The van der Waals surface area contributed by atoms with Gasteiger partial charge in [-0.2, -0.15) is 0 Å². The highest BCUT2D eigenvalue weighted by Gasteiger charge is 2.53. The molecule has 5 nitrogen and oxygen atoms in total. The van der Waals surface area contributed by atoms with E-state index in [0.717, 1.165) is 34.8 Å². The van der Waals surface area contributed by atoms with Gasteiger partial charge >= 0.3 is 0 Å². The SMILES string of the molecule is Cc1cccc(NC(=O)CSc2n[nH]c(C34CC5CC(CC(C5)C3)C4)n2)c1. The average molecular weight is 383 g/mol. The van der Waals surface area contributed by atoms with E-state index in [2.05, 4.69) is 15.5 Å². The minimum absolute atomic E-state index is 0.0215. The van der Waals surface area contributed by atoms with E-state index >= 15 is 0 Å². The van der Waals surface area contributed by atoms with Gasteiger partial charge in [-0.15, -0.1) is 5.10 Å². The molecule has 6 heteroatoms. The highest BCUT2D eigenvalue weighted by atomic mass is 32.2. The predicted octanol–water partition coefficient (Wildman–Crippen LogP) is 4.31. The standard InChI is InChI=1S/C21H26N4OS/c1-13-3-2-4-17(5-13)22-18(26)12-27-20-23-19(24-25-20)21-9-14-6-15(10-21)8-16(7-14)11-21/h2-5,14-16H,6-12H2,1H3,(H,22,26)(H,23,24,25). The lowest BCUT2D eigenvalue weighted by Crippen LogP contribution is -2.49. The maximum absolute atomic E-state index is 12.2. The molecule has 0 unspecified atom stereocenters. The molecular weight excluding hydrogens is 356 g/mol. The molecule has 6 rings (SSSR count). The minimum Gasteiger partial charge on any atom is -0.325 e. The van der Waals surface area contributed by atoms with Gasteiger partial charge in [0, 0.05) is 11.1 Å². The Morgan fingerprint density at radius 2 is 1.93 bits per heavy atom. The van der Waals surface area contributed by atoms with Crippen molar-refractivity contribution in [2.45, 2.75) is 56.0 Å². The molecule has 0 aliphatic heterocycles. The van der Waals surface area contributed by atoms with Gasteiger partial charge in [0.05, 0.1) is 5.75 Å². The van der Waals surface area contributed by atoms with E-state index in [9.17, 15) is 4.79 Å². The van der Waals surface area contributed by atoms with E-state index in [1.54, 1.807) is 0 Å². The fraction of sp³-hybridized carbons (Fsp3) is 0.571. The van der Waals surface area contributed by atoms with Gasteiger partial charge in [0.15, 0.2) is 0 Å². The molecule has 4 saturated carbocycles. The summed E-state index contributed by atoms with van der Waals surface area (Å²) in [6.07, 6.45) is 8.08. The summed E-state index contributed by atoms with van der Waals surface area (Å²) < 4.78 is 0. The zero-order valence-corrected chi connectivity index (χ0v) is 16.5. The molecule has 0 radical (unpaired) electrons. The molecule has 1 heterocycles. The van der Waals surface area contributed by atoms with Gasteiger partial charge < -0.3 is 5.32 Å². The number of hydrogen-bond donors (Lipinski definition) is 2. The lowest BCUT2D eigenvalue weighted by molar-refractivity contribution is -0.113. The van der Waals surface area contributed by atoms with Crippen molar-refractivity contribution in [3.63, 3.8) is 0 Å². The third kappa shape index (κ3) is 3.40. The smallest absolute Gasteiger partial charge is 0.234 e. The van der Waals surface area contributed by atoms with Gasteiger partial charge in [-0.25, -0.2) is 4.98 Å². The first-order chi connectivity index (χ1) is 13.1. The highest BCUT2D eigenvalue weighted by Crippen LogP contribution is 2.60. The van der Waals surface area contributed by atoms with E-state index < -0.39 is 0 Å². The number of thioether (sulfide) groups is 1. The number of aryl methyl sites for hydroxylation is 1. The highest BCUT2D eigenvalue weighted by molar-refractivity contribution is 7.99. The van der Waals surface area contributed by atoms with Crippen LogP contribution in [-0.4, -0.2) is 26.8 Å². The third-order valence-electron chi connectivity index (χ3n) is 6.64. The van der Waals surface area contributed by atoms with Crippen molar-refractivity contribution in [2.24, 2.45) is 17.8 Å². The first kappa shape index (κ1) is 17.3. The summed E-state index contributed by atoms with van der Waals surface area (Å²) in [5.41, 5.74) is 2.20. The number of carbonyl (C=O) groups excluding carboxylic acids is 1. The molecule has 27 heavy (non-hydrogen) atoms. The summed E-state index contributed by atoms with van der Waals surface area (Å²) in [6, 6.07) is 7.85. The normalized spacial score (nSPS) is 31.2. The van der Waals surface area contributed by atoms with Crippen molar-refractivity contribution in [1.82, 2.24) is 15.2 Å². The Morgan fingerprint density at radius 1 is 1.22 bits per heavy atom. The Labute approximate surface area is 164 Å².